The average molecular weight is 236 g/mol. The van der Waals surface area contributed by atoms with E-state index in [1.54, 1.807) is 0 Å². The lowest BCUT2D eigenvalue weighted by atomic mass is 10.1. The predicted octanol–water partition coefficient (Wildman–Crippen LogP) is 2.28. The molecule has 96 valence electrons. The van der Waals surface area contributed by atoms with Gasteiger partial charge in [0.15, 0.2) is 0 Å². The zero-order valence-electron chi connectivity index (χ0n) is 11.1. The first-order valence-corrected chi connectivity index (χ1v) is 6.24. The van der Waals surface area contributed by atoms with Crippen molar-refractivity contribution in [3.05, 3.63) is 35.8 Å². The Bertz CT molecular complexity index is 316. The van der Waals surface area contributed by atoms with Crippen molar-refractivity contribution in [2.45, 2.75) is 20.3 Å². The lowest BCUT2D eigenvalue weighted by Gasteiger charge is -2.23. The van der Waals surface area contributed by atoms with Crippen LogP contribution in [0.25, 0.3) is 0 Å². The standard InChI is InChI=1S/C14H24N2O/c1-12(2)11-17-14-8-13(6-4-5-7-15)9-16(3)10-14/h4,6,8-9,12H,5,7,10-11,15H2,1-3H3/b6-4+. The third-order valence-electron chi connectivity index (χ3n) is 2.35. The second-order valence-electron chi connectivity index (χ2n) is 4.84. The molecule has 1 rings (SSSR count). The molecule has 0 aromatic heterocycles. The van der Waals surface area contributed by atoms with E-state index in [1.807, 2.05) is 0 Å². The highest BCUT2D eigenvalue weighted by atomic mass is 16.5. The van der Waals surface area contributed by atoms with Gasteiger partial charge in [-0.1, -0.05) is 26.0 Å². The first-order chi connectivity index (χ1) is 8.11. The lowest BCUT2D eigenvalue weighted by molar-refractivity contribution is 0.161. The number of hydrogen-bond donors (Lipinski definition) is 1. The molecule has 0 saturated carbocycles. The van der Waals surface area contributed by atoms with Gasteiger partial charge in [0.25, 0.3) is 0 Å². The van der Waals surface area contributed by atoms with Crippen LogP contribution >= 0.6 is 0 Å². The molecule has 0 amide bonds. The Morgan fingerprint density at radius 3 is 2.94 bits per heavy atom. The Kier molecular flexibility index (Phi) is 5.84. The van der Waals surface area contributed by atoms with E-state index in [4.69, 9.17) is 10.5 Å². The molecule has 0 aromatic carbocycles. The highest BCUT2D eigenvalue weighted by Crippen LogP contribution is 2.15. The van der Waals surface area contributed by atoms with Crippen LogP contribution in [-0.4, -0.2) is 31.6 Å². The van der Waals surface area contributed by atoms with Gasteiger partial charge in [-0.25, -0.2) is 0 Å². The highest BCUT2D eigenvalue weighted by molar-refractivity contribution is 5.34. The van der Waals surface area contributed by atoms with Crippen molar-refractivity contribution in [2.24, 2.45) is 11.7 Å². The maximum Gasteiger partial charge on any atom is 0.116 e. The summed E-state index contributed by atoms with van der Waals surface area (Å²) < 4.78 is 5.77. The van der Waals surface area contributed by atoms with Crippen LogP contribution in [-0.2, 0) is 4.74 Å². The third kappa shape index (κ3) is 5.59. The molecule has 0 fully saturated rings. The fourth-order valence-electron chi connectivity index (χ4n) is 1.58. The molecule has 1 aliphatic heterocycles. The molecular formula is C14H24N2O. The van der Waals surface area contributed by atoms with E-state index >= 15 is 0 Å². The van der Waals surface area contributed by atoms with E-state index in [1.165, 1.54) is 5.57 Å². The Morgan fingerprint density at radius 1 is 1.53 bits per heavy atom. The molecule has 17 heavy (non-hydrogen) atoms. The van der Waals surface area contributed by atoms with Crippen LogP contribution in [0.2, 0.25) is 0 Å². The summed E-state index contributed by atoms with van der Waals surface area (Å²) in [5.74, 6) is 1.60. The van der Waals surface area contributed by atoms with E-state index in [0.717, 1.165) is 25.3 Å². The van der Waals surface area contributed by atoms with E-state index < -0.39 is 0 Å². The third-order valence-corrected chi connectivity index (χ3v) is 2.35. The number of nitrogens with two attached hydrogens (primary N) is 1. The van der Waals surface area contributed by atoms with Gasteiger partial charge in [0.2, 0.25) is 0 Å². The topological polar surface area (TPSA) is 38.5 Å². The van der Waals surface area contributed by atoms with Crippen LogP contribution in [0, 0.1) is 5.92 Å². The van der Waals surface area contributed by atoms with Crippen molar-refractivity contribution in [1.82, 2.24) is 4.90 Å². The fourth-order valence-corrected chi connectivity index (χ4v) is 1.58. The van der Waals surface area contributed by atoms with Crippen LogP contribution in [0.3, 0.4) is 0 Å². The predicted molar refractivity (Wildman–Crippen MR) is 72.4 cm³/mol. The Labute approximate surface area is 105 Å². The molecule has 1 aliphatic rings. The molecule has 0 saturated heterocycles. The van der Waals surface area contributed by atoms with E-state index in [2.05, 4.69) is 50.2 Å². The van der Waals surface area contributed by atoms with E-state index in [9.17, 15) is 0 Å². The van der Waals surface area contributed by atoms with Gasteiger partial charge in [0, 0.05) is 13.2 Å². The Hall–Kier alpha value is -1.22. The fraction of sp³-hybridized carbons (Fsp3) is 0.571. The van der Waals surface area contributed by atoms with Crippen LogP contribution in [0.15, 0.2) is 35.8 Å². The molecule has 0 unspecified atom stereocenters. The summed E-state index contributed by atoms with van der Waals surface area (Å²) in [5.41, 5.74) is 6.63. The van der Waals surface area contributed by atoms with Crippen molar-refractivity contribution in [1.29, 1.82) is 0 Å². The molecule has 3 nitrogen and oxygen atoms in total. The molecule has 1 heterocycles. The van der Waals surface area contributed by atoms with Crippen molar-refractivity contribution < 1.29 is 4.74 Å². The van der Waals surface area contributed by atoms with Gasteiger partial charge in [0.1, 0.15) is 5.76 Å². The summed E-state index contributed by atoms with van der Waals surface area (Å²) in [5, 5.41) is 0. The number of nitrogens with zero attached hydrogens (tertiary/aromatic N) is 1. The summed E-state index contributed by atoms with van der Waals surface area (Å²) in [7, 11) is 2.06. The molecule has 0 aliphatic carbocycles. The molecule has 0 spiro atoms. The van der Waals surface area contributed by atoms with Crippen molar-refractivity contribution in [3.63, 3.8) is 0 Å². The molecule has 0 radical (unpaired) electrons. The quantitative estimate of drug-likeness (QED) is 0.769. The van der Waals surface area contributed by atoms with Gasteiger partial charge in [-0.15, -0.1) is 0 Å². The minimum absolute atomic E-state index is 0.559. The van der Waals surface area contributed by atoms with Gasteiger partial charge >= 0.3 is 0 Å². The highest BCUT2D eigenvalue weighted by Gasteiger charge is 2.09. The minimum Gasteiger partial charge on any atom is -0.496 e. The second-order valence-corrected chi connectivity index (χ2v) is 4.84. The lowest BCUT2D eigenvalue weighted by Crippen LogP contribution is -2.20. The van der Waals surface area contributed by atoms with Gasteiger partial charge in [-0.3, -0.25) is 0 Å². The summed E-state index contributed by atoms with van der Waals surface area (Å²) >= 11 is 0. The van der Waals surface area contributed by atoms with Crippen LogP contribution < -0.4 is 5.73 Å². The Morgan fingerprint density at radius 2 is 2.29 bits per heavy atom. The summed E-state index contributed by atoms with van der Waals surface area (Å²) in [4.78, 5) is 2.14. The SMILES string of the molecule is CC(C)COC1=CC(/C=C/CCN)=CN(C)C1. The smallest absolute Gasteiger partial charge is 0.116 e. The van der Waals surface area contributed by atoms with Gasteiger partial charge in [-0.05, 0) is 30.5 Å². The molecule has 0 aromatic rings. The van der Waals surface area contributed by atoms with Gasteiger partial charge in [-0.2, -0.15) is 0 Å². The summed E-state index contributed by atoms with van der Waals surface area (Å²) in [6.07, 6.45) is 9.34. The second kappa shape index (κ2) is 7.17. The minimum atomic E-state index is 0.559. The van der Waals surface area contributed by atoms with Gasteiger partial charge in [0.05, 0.1) is 13.2 Å². The van der Waals surface area contributed by atoms with E-state index in [-0.39, 0.29) is 0 Å². The normalized spacial score (nSPS) is 16.4. The number of allylic oxidation sites excluding steroid dienone is 3. The van der Waals surface area contributed by atoms with E-state index in [0.29, 0.717) is 12.5 Å². The number of likely N-dealkylation sites (N-methyl/N-ethyl adjacent to an activating group) is 1. The first-order valence-electron chi connectivity index (χ1n) is 6.24. The Balaban J connectivity index is 2.57. The molecule has 2 N–H and O–H groups in total. The number of hydrogen-bond acceptors (Lipinski definition) is 3. The van der Waals surface area contributed by atoms with Crippen molar-refractivity contribution in [3.8, 4) is 0 Å². The van der Waals surface area contributed by atoms with Crippen LogP contribution in [0.4, 0.5) is 0 Å². The van der Waals surface area contributed by atoms with Crippen LogP contribution in [0.5, 0.6) is 0 Å². The zero-order chi connectivity index (χ0) is 12.7. The maximum absolute atomic E-state index is 5.77. The summed E-state index contributed by atoms with van der Waals surface area (Å²) in [6, 6.07) is 0. The largest absolute Gasteiger partial charge is 0.496 e. The van der Waals surface area contributed by atoms with Crippen molar-refractivity contribution >= 4 is 0 Å². The molecule has 0 bridgehead atoms. The number of ether oxygens (including phenoxy) is 1. The maximum atomic E-state index is 5.77. The number of rotatable bonds is 6. The van der Waals surface area contributed by atoms with Crippen LogP contribution in [0.1, 0.15) is 20.3 Å². The monoisotopic (exact) mass is 236 g/mol. The van der Waals surface area contributed by atoms with Gasteiger partial charge < -0.3 is 15.4 Å². The zero-order valence-corrected chi connectivity index (χ0v) is 11.1. The first kappa shape index (κ1) is 13.8. The summed E-state index contributed by atoms with van der Waals surface area (Å²) in [6.45, 7) is 6.64. The van der Waals surface area contributed by atoms with Crippen molar-refractivity contribution in [2.75, 3.05) is 26.7 Å². The average Bonchev–Trinajstić information content (AvgIpc) is 2.26. The molecular weight excluding hydrogens is 212 g/mol. The molecule has 3 heteroatoms. The molecule has 0 atom stereocenters.